The molecular formula is C17H26N2OS. The topological polar surface area (TPSA) is 32.3 Å². The van der Waals surface area contributed by atoms with Crippen molar-refractivity contribution < 1.29 is 4.79 Å². The van der Waals surface area contributed by atoms with Crippen LogP contribution in [0.25, 0.3) is 0 Å². The summed E-state index contributed by atoms with van der Waals surface area (Å²) in [7, 11) is 0. The standard InChI is InChI=1S/C17H26N2OS/c1-14(2)19(12-15-6-4-3-5-7-15)17(20)13-21-16-8-10-18-11-9-16/h3-7,14,16,18H,8-13H2,1-2H3. The third kappa shape index (κ3) is 5.36. The first-order valence-electron chi connectivity index (χ1n) is 7.82. The quantitative estimate of drug-likeness (QED) is 0.877. The van der Waals surface area contributed by atoms with Crippen LogP contribution in [-0.4, -0.2) is 40.9 Å². The van der Waals surface area contributed by atoms with E-state index in [1.165, 1.54) is 18.4 Å². The lowest BCUT2D eigenvalue weighted by Gasteiger charge is -2.28. The molecule has 1 aliphatic heterocycles. The third-order valence-electron chi connectivity index (χ3n) is 3.87. The van der Waals surface area contributed by atoms with Gasteiger partial charge in [0.2, 0.25) is 5.91 Å². The molecule has 0 aliphatic carbocycles. The molecule has 4 heteroatoms. The van der Waals surface area contributed by atoms with Gasteiger partial charge in [-0.3, -0.25) is 4.79 Å². The fraction of sp³-hybridized carbons (Fsp3) is 0.588. The lowest BCUT2D eigenvalue weighted by molar-refractivity contribution is -0.130. The number of amides is 1. The number of piperidine rings is 1. The third-order valence-corrected chi connectivity index (χ3v) is 5.22. The minimum absolute atomic E-state index is 0.242. The van der Waals surface area contributed by atoms with E-state index in [0.29, 0.717) is 17.5 Å². The zero-order valence-corrected chi connectivity index (χ0v) is 13.9. The molecule has 1 amide bonds. The number of carbonyl (C=O) groups excluding carboxylic acids is 1. The van der Waals surface area contributed by atoms with Crippen LogP contribution in [0, 0.1) is 0 Å². The van der Waals surface area contributed by atoms with E-state index in [-0.39, 0.29) is 11.9 Å². The molecule has 0 spiro atoms. The Morgan fingerprint density at radius 1 is 1.29 bits per heavy atom. The number of thioether (sulfide) groups is 1. The minimum atomic E-state index is 0.242. The smallest absolute Gasteiger partial charge is 0.233 e. The Hall–Kier alpha value is -1.00. The summed E-state index contributed by atoms with van der Waals surface area (Å²) in [6.45, 7) is 7.07. The van der Waals surface area contributed by atoms with Crippen molar-refractivity contribution in [1.29, 1.82) is 0 Å². The fourth-order valence-electron chi connectivity index (χ4n) is 2.57. The minimum Gasteiger partial charge on any atom is -0.335 e. The molecule has 0 bridgehead atoms. The maximum absolute atomic E-state index is 12.5. The molecule has 0 aromatic heterocycles. The van der Waals surface area contributed by atoms with Crippen LogP contribution in [0.15, 0.2) is 30.3 Å². The summed E-state index contributed by atoms with van der Waals surface area (Å²) < 4.78 is 0. The monoisotopic (exact) mass is 306 g/mol. The van der Waals surface area contributed by atoms with Crippen molar-refractivity contribution in [3.05, 3.63) is 35.9 Å². The summed E-state index contributed by atoms with van der Waals surface area (Å²) in [5.74, 6) is 0.868. The highest BCUT2D eigenvalue weighted by Gasteiger charge is 2.20. The molecule has 0 unspecified atom stereocenters. The molecule has 0 saturated carbocycles. The van der Waals surface area contributed by atoms with Crippen LogP contribution in [-0.2, 0) is 11.3 Å². The summed E-state index contributed by atoms with van der Waals surface area (Å²) in [5, 5.41) is 4.01. The lowest BCUT2D eigenvalue weighted by atomic mass is 10.2. The van der Waals surface area contributed by atoms with Gasteiger partial charge in [0, 0.05) is 17.8 Å². The summed E-state index contributed by atoms with van der Waals surface area (Å²) >= 11 is 1.83. The molecular weight excluding hydrogens is 280 g/mol. The van der Waals surface area contributed by atoms with Crippen LogP contribution in [0.1, 0.15) is 32.3 Å². The highest BCUT2D eigenvalue weighted by atomic mass is 32.2. The summed E-state index contributed by atoms with van der Waals surface area (Å²) in [6.07, 6.45) is 2.36. The van der Waals surface area contributed by atoms with Gasteiger partial charge >= 0.3 is 0 Å². The average Bonchev–Trinajstić information content (AvgIpc) is 2.52. The lowest BCUT2D eigenvalue weighted by Crippen LogP contribution is -2.38. The molecule has 1 N–H and O–H groups in total. The van der Waals surface area contributed by atoms with Gasteiger partial charge in [-0.05, 0) is 45.3 Å². The van der Waals surface area contributed by atoms with Crippen LogP contribution in [0.3, 0.4) is 0 Å². The van der Waals surface area contributed by atoms with E-state index >= 15 is 0 Å². The maximum Gasteiger partial charge on any atom is 0.233 e. The predicted molar refractivity (Wildman–Crippen MR) is 90.5 cm³/mol. The highest BCUT2D eigenvalue weighted by molar-refractivity contribution is 8.00. The van der Waals surface area contributed by atoms with E-state index in [2.05, 4.69) is 31.3 Å². The molecule has 1 aliphatic rings. The molecule has 1 aromatic rings. The van der Waals surface area contributed by atoms with Crippen molar-refractivity contribution >= 4 is 17.7 Å². The number of hydrogen-bond donors (Lipinski definition) is 1. The Morgan fingerprint density at radius 2 is 1.95 bits per heavy atom. The second-order valence-corrected chi connectivity index (χ2v) is 7.15. The van der Waals surface area contributed by atoms with Crippen molar-refractivity contribution in [3.63, 3.8) is 0 Å². The molecule has 2 rings (SSSR count). The summed E-state index contributed by atoms with van der Waals surface area (Å²) in [5.41, 5.74) is 1.20. The van der Waals surface area contributed by atoms with Crippen molar-refractivity contribution in [2.24, 2.45) is 0 Å². The number of nitrogens with zero attached hydrogens (tertiary/aromatic N) is 1. The van der Waals surface area contributed by atoms with E-state index in [1.807, 2.05) is 34.9 Å². The Balaban J connectivity index is 1.86. The van der Waals surface area contributed by atoms with Gasteiger partial charge in [0.1, 0.15) is 0 Å². The molecule has 21 heavy (non-hydrogen) atoms. The van der Waals surface area contributed by atoms with E-state index in [4.69, 9.17) is 0 Å². The number of hydrogen-bond acceptors (Lipinski definition) is 3. The molecule has 1 saturated heterocycles. The van der Waals surface area contributed by atoms with Gasteiger partial charge in [-0.2, -0.15) is 0 Å². The Morgan fingerprint density at radius 3 is 2.57 bits per heavy atom. The molecule has 3 nitrogen and oxygen atoms in total. The largest absolute Gasteiger partial charge is 0.335 e. The molecule has 0 radical (unpaired) electrons. The van der Waals surface area contributed by atoms with Gasteiger partial charge in [0.15, 0.2) is 0 Å². The van der Waals surface area contributed by atoms with Gasteiger partial charge in [0.25, 0.3) is 0 Å². The number of carbonyl (C=O) groups is 1. The Bertz CT molecular complexity index is 430. The van der Waals surface area contributed by atoms with E-state index in [0.717, 1.165) is 13.1 Å². The number of nitrogens with one attached hydrogen (secondary N) is 1. The van der Waals surface area contributed by atoms with Gasteiger partial charge in [-0.1, -0.05) is 30.3 Å². The van der Waals surface area contributed by atoms with E-state index in [9.17, 15) is 4.79 Å². The normalized spacial score (nSPS) is 16.1. The zero-order valence-electron chi connectivity index (χ0n) is 13.0. The predicted octanol–water partition coefficient (Wildman–Crippen LogP) is 2.91. The number of benzene rings is 1. The second kappa shape index (κ2) is 8.44. The molecule has 1 heterocycles. The number of rotatable bonds is 6. The van der Waals surface area contributed by atoms with Crippen LogP contribution in [0.5, 0.6) is 0 Å². The van der Waals surface area contributed by atoms with Gasteiger partial charge < -0.3 is 10.2 Å². The first kappa shape index (κ1) is 16.4. The average molecular weight is 306 g/mol. The summed E-state index contributed by atoms with van der Waals surface area (Å²) in [4.78, 5) is 14.5. The maximum atomic E-state index is 12.5. The van der Waals surface area contributed by atoms with Gasteiger partial charge in [-0.15, -0.1) is 11.8 Å². The van der Waals surface area contributed by atoms with E-state index in [1.54, 1.807) is 0 Å². The van der Waals surface area contributed by atoms with Crippen molar-refractivity contribution in [3.8, 4) is 0 Å². The highest BCUT2D eigenvalue weighted by Crippen LogP contribution is 2.21. The van der Waals surface area contributed by atoms with Crippen LogP contribution in [0.4, 0.5) is 0 Å². The van der Waals surface area contributed by atoms with Gasteiger partial charge in [-0.25, -0.2) is 0 Å². The van der Waals surface area contributed by atoms with Crippen molar-refractivity contribution in [2.45, 2.75) is 44.5 Å². The van der Waals surface area contributed by atoms with Crippen molar-refractivity contribution in [1.82, 2.24) is 10.2 Å². The van der Waals surface area contributed by atoms with Crippen molar-refractivity contribution in [2.75, 3.05) is 18.8 Å². The van der Waals surface area contributed by atoms with Crippen LogP contribution in [0.2, 0.25) is 0 Å². The Kier molecular flexibility index (Phi) is 6.58. The van der Waals surface area contributed by atoms with Gasteiger partial charge in [0.05, 0.1) is 5.75 Å². The molecule has 0 atom stereocenters. The first-order chi connectivity index (χ1) is 10.2. The Labute approximate surface area is 132 Å². The first-order valence-corrected chi connectivity index (χ1v) is 8.87. The second-order valence-electron chi connectivity index (χ2n) is 5.86. The SMILES string of the molecule is CC(C)N(Cc1ccccc1)C(=O)CSC1CCNCC1. The zero-order chi connectivity index (χ0) is 15.1. The molecule has 1 fully saturated rings. The summed E-state index contributed by atoms with van der Waals surface area (Å²) in [6, 6.07) is 10.5. The van der Waals surface area contributed by atoms with E-state index < -0.39 is 0 Å². The molecule has 116 valence electrons. The fourth-order valence-corrected chi connectivity index (χ4v) is 3.69. The van der Waals surface area contributed by atoms with Crippen LogP contribution < -0.4 is 5.32 Å². The molecule has 1 aromatic carbocycles. The van der Waals surface area contributed by atoms with Crippen LogP contribution >= 0.6 is 11.8 Å².